The van der Waals surface area contributed by atoms with Gasteiger partial charge in [-0.25, -0.2) is 0 Å². The maximum absolute atomic E-state index is 11.1. The number of hydrogen-bond donors (Lipinski definition) is 0. The molecule has 86 valence electrons. The van der Waals surface area contributed by atoms with Gasteiger partial charge in [0.05, 0.1) is 13.0 Å². The SMILES string of the molecule is CCOC(=O)CC=Cc1ccc(C)cc1C. The Balaban J connectivity index is 2.59. The quantitative estimate of drug-likeness (QED) is 0.725. The molecule has 0 unspecified atom stereocenters. The van der Waals surface area contributed by atoms with E-state index in [4.69, 9.17) is 4.74 Å². The molecule has 0 atom stereocenters. The van der Waals surface area contributed by atoms with Crippen LogP contribution in [0.5, 0.6) is 0 Å². The maximum atomic E-state index is 11.1. The molecule has 0 spiro atoms. The van der Waals surface area contributed by atoms with Gasteiger partial charge in [-0.2, -0.15) is 0 Å². The van der Waals surface area contributed by atoms with Crippen LogP contribution in [0.2, 0.25) is 0 Å². The molecule has 0 saturated heterocycles. The topological polar surface area (TPSA) is 26.3 Å². The summed E-state index contributed by atoms with van der Waals surface area (Å²) in [5.74, 6) is -0.177. The van der Waals surface area contributed by atoms with Crippen molar-refractivity contribution in [3.8, 4) is 0 Å². The van der Waals surface area contributed by atoms with Crippen molar-refractivity contribution in [2.75, 3.05) is 6.61 Å². The van der Waals surface area contributed by atoms with Gasteiger partial charge in [-0.15, -0.1) is 0 Å². The molecule has 0 fully saturated rings. The van der Waals surface area contributed by atoms with Gasteiger partial charge in [0.25, 0.3) is 0 Å². The van der Waals surface area contributed by atoms with Gasteiger partial charge in [-0.3, -0.25) is 4.79 Å². The van der Waals surface area contributed by atoms with Crippen molar-refractivity contribution in [1.29, 1.82) is 0 Å². The van der Waals surface area contributed by atoms with Gasteiger partial charge in [0.2, 0.25) is 0 Å². The fourth-order valence-electron chi connectivity index (χ4n) is 1.51. The van der Waals surface area contributed by atoms with E-state index in [0.717, 1.165) is 5.56 Å². The molecule has 0 amide bonds. The molecule has 0 bridgehead atoms. The first-order valence-electron chi connectivity index (χ1n) is 5.53. The summed E-state index contributed by atoms with van der Waals surface area (Å²) in [5, 5.41) is 0. The second-order valence-corrected chi connectivity index (χ2v) is 3.77. The number of hydrogen-bond acceptors (Lipinski definition) is 2. The molecule has 0 heterocycles. The molecule has 0 N–H and O–H groups in total. The molecule has 1 aromatic carbocycles. The van der Waals surface area contributed by atoms with E-state index < -0.39 is 0 Å². The molecule has 0 saturated carbocycles. The van der Waals surface area contributed by atoms with Gasteiger partial charge in [0.15, 0.2) is 0 Å². The van der Waals surface area contributed by atoms with Crippen molar-refractivity contribution >= 4 is 12.0 Å². The molecule has 0 aliphatic rings. The lowest BCUT2D eigenvalue weighted by molar-refractivity contribution is -0.142. The van der Waals surface area contributed by atoms with Gasteiger partial charge >= 0.3 is 5.97 Å². The molecule has 1 rings (SSSR count). The zero-order valence-corrected chi connectivity index (χ0v) is 10.1. The van der Waals surface area contributed by atoms with Crippen LogP contribution in [0.25, 0.3) is 6.08 Å². The van der Waals surface area contributed by atoms with E-state index in [9.17, 15) is 4.79 Å². The molecular formula is C14H18O2. The van der Waals surface area contributed by atoms with Crippen LogP contribution in [0.3, 0.4) is 0 Å². The van der Waals surface area contributed by atoms with Crippen LogP contribution in [0, 0.1) is 13.8 Å². The highest BCUT2D eigenvalue weighted by atomic mass is 16.5. The standard InChI is InChI=1S/C14H18O2/c1-4-16-14(15)7-5-6-13-9-8-11(2)10-12(13)3/h5-6,8-10H,4,7H2,1-3H3. The number of carbonyl (C=O) groups is 1. The number of aryl methyl sites for hydroxylation is 2. The zero-order valence-electron chi connectivity index (χ0n) is 10.1. The van der Waals surface area contributed by atoms with E-state index in [2.05, 4.69) is 32.0 Å². The number of benzene rings is 1. The first-order valence-corrected chi connectivity index (χ1v) is 5.53. The van der Waals surface area contributed by atoms with Crippen LogP contribution in [0.15, 0.2) is 24.3 Å². The van der Waals surface area contributed by atoms with Crippen LogP contribution in [0.1, 0.15) is 30.0 Å². The lowest BCUT2D eigenvalue weighted by Crippen LogP contribution is -2.01. The molecule has 1 aromatic rings. The Hall–Kier alpha value is -1.57. The van der Waals surface area contributed by atoms with E-state index in [1.165, 1.54) is 11.1 Å². The van der Waals surface area contributed by atoms with Crippen molar-refractivity contribution in [3.05, 3.63) is 41.0 Å². The molecule has 0 aliphatic heterocycles. The van der Waals surface area contributed by atoms with Gasteiger partial charge in [-0.05, 0) is 31.9 Å². The number of carbonyl (C=O) groups excluding carboxylic acids is 1. The molecule has 2 nitrogen and oxygen atoms in total. The highest BCUT2D eigenvalue weighted by molar-refractivity contribution is 5.72. The molecule has 0 radical (unpaired) electrons. The molecular weight excluding hydrogens is 200 g/mol. The minimum absolute atomic E-state index is 0.177. The first-order chi connectivity index (χ1) is 7.63. The lowest BCUT2D eigenvalue weighted by Gasteiger charge is -2.01. The zero-order chi connectivity index (χ0) is 12.0. The summed E-state index contributed by atoms with van der Waals surface area (Å²) in [7, 11) is 0. The summed E-state index contributed by atoms with van der Waals surface area (Å²) < 4.78 is 4.84. The van der Waals surface area contributed by atoms with Crippen LogP contribution >= 0.6 is 0 Å². The van der Waals surface area contributed by atoms with E-state index in [1.54, 1.807) is 0 Å². The Morgan fingerprint density at radius 3 is 2.75 bits per heavy atom. The van der Waals surface area contributed by atoms with Gasteiger partial charge in [0, 0.05) is 0 Å². The summed E-state index contributed by atoms with van der Waals surface area (Å²) in [6.07, 6.45) is 4.14. The third kappa shape index (κ3) is 3.89. The molecule has 16 heavy (non-hydrogen) atoms. The van der Waals surface area contributed by atoms with Gasteiger partial charge < -0.3 is 4.74 Å². The second kappa shape index (κ2) is 6.11. The average Bonchev–Trinajstić information content (AvgIpc) is 2.22. The van der Waals surface area contributed by atoms with E-state index in [-0.39, 0.29) is 5.97 Å². The summed E-state index contributed by atoms with van der Waals surface area (Å²) in [4.78, 5) is 11.1. The first kappa shape index (κ1) is 12.5. The van der Waals surface area contributed by atoms with Crippen LogP contribution < -0.4 is 0 Å². The Morgan fingerprint density at radius 2 is 2.12 bits per heavy atom. The summed E-state index contributed by atoms with van der Waals surface area (Å²) in [5.41, 5.74) is 3.62. The number of rotatable bonds is 4. The van der Waals surface area contributed by atoms with Crippen LogP contribution in [-0.4, -0.2) is 12.6 Å². The van der Waals surface area contributed by atoms with E-state index >= 15 is 0 Å². The van der Waals surface area contributed by atoms with E-state index in [0.29, 0.717) is 13.0 Å². The summed E-state index contributed by atoms with van der Waals surface area (Å²) >= 11 is 0. The number of esters is 1. The molecule has 0 aliphatic carbocycles. The third-order valence-electron chi connectivity index (χ3n) is 2.31. The Bertz CT molecular complexity index is 392. The average molecular weight is 218 g/mol. The molecule has 0 aromatic heterocycles. The Labute approximate surface area is 96.9 Å². The van der Waals surface area contributed by atoms with Crippen molar-refractivity contribution in [3.63, 3.8) is 0 Å². The monoisotopic (exact) mass is 218 g/mol. The third-order valence-corrected chi connectivity index (χ3v) is 2.31. The van der Waals surface area contributed by atoms with Crippen molar-refractivity contribution in [2.45, 2.75) is 27.2 Å². The van der Waals surface area contributed by atoms with Crippen molar-refractivity contribution < 1.29 is 9.53 Å². The Kier molecular flexibility index (Phi) is 4.77. The largest absolute Gasteiger partial charge is 0.466 e. The minimum atomic E-state index is -0.177. The predicted molar refractivity (Wildman–Crippen MR) is 66.2 cm³/mol. The predicted octanol–water partition coefficient (Wildman–Crippen LogP) is 3.27. The highest BCUT2D eigenvalue weighted by Crippen LogP contribution is 2.12. The maximum Gasteiger partial charge on any atom is 0.309 e. The van der Waals surface area contributed by atoms with Crippen molar-refractivity contribution in [2.24, 2.45) is 0 Å². The lowest BCUT2D eigenvalue weighted by atomic mass is 10.1. The van der Waals surface area contributed by atoms with E-state index in [1.807, 2.05) is 19.1 Å². The summed E-state index contributed by atoms with van der Waals surface area (Å²) in [6.45, 7) is 6.39. The highest BCUT2D eigenvalue weighted by Gasteiger charge is 1.97. The number of ether oxygens (including phenoxy) is 1. The Morgan fingerprint density at radius 1 is 1.38 bits per heavy atom. The summed E-state index contributed by atoms with van der Waals surface area (Å²) in [6, 6.07) is 6.26. The fraction of sp³-hybridized carbons (Fsp3) is 0.357. The fourth-order valence-corrected chi connectivity index (χ4v) is 1.51. The smallest absolute Gasteiger partial charge is 0.309 e. The minimum Gasteiger partial charge on any atom is -0.466 e. The van der Waals surface area contributed by atoms with Crippen LogP contribution in [-0.2, 0) is 9.53 Å². The van der Waals surface area contributed by atoms with Gasteiger partial charge in [-0.1, -0.05) is 35.9 Å². The second-order valence-electron chi connectivity index (χ2n) is 3.77. The molecule has 2 heteroatoms. The van der Waals surface area contributed by atoms with Gasteiger partial charge in [0.1, 0.15) is 0 Å². The van der Waals surface area contributed by atoms with Crippen molar-refractivity contribution in [1.82, 2.24) is 0 Å². The van der Waals surface area contributed by atoms with Crippen LogP contribution in [0.4, 0.5) is 0 Å². The normalized spacial score (nSPS) is 10.7.